The molecule has 0 aromatic carbocycles. The molecular weight excluding hydrogens is 351 g/mol. The summed E-state index contributed by atoms with van der Waals surface area (Å²) in [6.45, 7) is 21.7. The van der Waals surface area contributed by atoms with Gasteiger partial charge < -0.3 is 25.4 Å². The van der Waals surface area contributed by atoms with Crippen molar-refractivity contribution in [3.05, 3.63) is 25.4 Å². The van der Waals surface area contributed by atoms with Crippen molar-refractivity contribution in [2.75, 3.05) is 0 Å². The zero-order valence-electron chi connectivity index (χ0n) is 15.3. The molecule has 0 aliphatic heterocycles. The van der Waals surface area contributed by atoms with Gasteiger partial charge in [-0.05, 0) is 15.5 Å². The predicted octanol–water partition coefficient (Wildman–Crippen LogP) is 6.30. The number of rotatable bonds is 0. The van der Waals surface area contributed by atoms with Crippen LogP contribution in [-0.4, -0.2) is 22.2 Å². The van der Waals surface area contributed by atoms with Crippen LogP contribution in [0.4, 0.5) is 0 Å². The van der Waals surface area contributed by atoms with E-state index in [1.54, 1.807) is 0 Å². The van der Waals surface area contributed by atoms with Crippen LogP contribution in [0.2, 0.25) is 0 Å². The van der Waals surface area contributed by atoms with E-state index in [1.165, 1.54) is 0 Å². The normalized spacial score (nSPS) is 11.2. The smallest absolute Gasteiger partial charge is 0.817 e. The van der Waals surface area contributed by atoms with Crippen molar-refractivity contribution >= 4 is 13.8 Å². The molecule has 5 heteroatoms. The van der Waals surface area contributed by atoms with E-state index in [9.17, 15) is 5.16 Å². The zero-order valence-corrected chi connectivity index (χ0v) is 18.4. The van der Waals surface area contributed by atoms with Gasteiger partial charge in [0.05, 0.1) is 0 Å². The number of hydrogen-bond donors (Lipinski definition) is 0. The summed E-state index contributed by atoms with van der Waals surface area (Å²) < 4.78 is 0. The molecule has 0 saturated carbocycles. The van der Waals surface area contributed by atoms with Gasteiger partial charge in [-0.25, -0.2) is 13.8 Å². The maximum atomic E-state index is 11.1. The molecule has 0 aliphatic rings. The first-order valence-electron chi connectivity index (χ1n) is 5.69. The Kier molecular flexibility index (Phi) is 21.4. The SMILES string of the molecule is C=[N-].CC(C)(C)P(=[N-])(C(C)(C)C)C(C)(C)C.[CH3-].[CH3-].[Fe+3].[Fe]. The summed E-state index contributed by atoms with van der Waals surface area (Å²) in [5.41, 5.74) is 0. The molecule has 0 atom stereocenters. The topological polar surface area (TPSA) is 44.6 Å². The fraction of sp³-hybridized carbons (Fsp3) is 0.800. The van der Waals surface area contributed by atoms with Crippen molar-refractivity contribution in [2.24, 2.45) is 0 Å². The minimum Gasteiger partial charge on any atom is -0.817 e. The first-order chi connectivity index (χ1) is 6.75. The molecule has 0 N–H and O–H groups in total. The Balaban J connectivity index is -0.0000000778. The standard InChI is InChI=1S/C12H27NP.CH2N.2CH3.2Fe/c1-10(2,3)14(13,11(4,5)6)12(7,8)9;1-2;;;;/h1-9H3;1H2;2*1H3;;/q4*-1;;+3. The number of hydrogen-bond acceptors (Lipinski definition) is 0. The van der Waals surface area contributed by atoms with Gasteiger partial charge in [0, 0.05) is 17.1 Å². The second kappa shape index (κ2) is 11.5. The Labute approximate surface area is 151 Å². The molecule has 0 rings (SSSR count). The first-order valence-corrected chi connectivity index (χ1v) is 7.43. The molecule has 2 nitrogen and oxygen atoms in total. The maximum Gasteiger partial charge on any atom is 3.00 e. The Hall–Kier alpha value is 0.939. The Morgan fingerprint density at radius 1 is 0.650 bits per heavy atom. The summed E-state index contributed by atoms with van der Waals surface area (Å²) in [6.07, 6.45) is 0. The van der Waals surface area contributed by atoms with Gasteiger partial charge in [0.2, 0.25) is 0 Å². The van der Waals surface area contributed by atoms with Crippen LogP contribution in [0, 0.1) is 14.9 Å². The van der Waals surface area contributed by atoms with Crippen LogP contribution in [0.5, 0.6) is 0 Å². The van der Waals surface area contributed by atoms with E-state index in [1.807, 2.05) is 0 Å². The van der Waals surface area contributed by atoms with Crippen LogP contribution in [0.15, 0.2) is 0 Å². The van der Waals surface area contributed by atoms with Crippen LogP contribution in [0.1, 0.15) is 62.3 Å². The molecule has 0 aromatic rings. The van der Waals surface area contributed by atoms with E-state index in [0.717, 1.165) is 0 Å². The average molecular weight is 386 g/mol. The molecule has 0 heterocycles. The van der Waals surface area contributed by atoms with E-state index >= 15 is 0 Å². The van der Waals surface area contributed by atoms with Gasteiger partial charge in [0.25, 0.3) is 0 Å². The Bertz CT molecular complexity index is 228. The molecule has 127 valence electrons. The van der Waals surface area contributed by atoms with Crippen molar-refractivity contribution < 1.29 is 34.1 Å². The predicted molar refractivity (Wildman–Crippen MR) is 92.8 cm³/mol. The summed E-state index contributed by atoms with van der Waals surface area (Å²) in [4.78, 5) is 0. The molecule has 0 bridgehead atoms. The van der Waals surface area contributed by atoms with Gasteiger partial charge in [0.15, 0.2) is 0 Å². The molecule has 20 heavy (non-hydrogen) atoms. The third-order valence-electron chi connectivity index (χ3n) is 2.91. The summed E-state index contributed by atoms with van der Waals surface area (Å²) >= 11 is 0. The van der Waals surface area contributed by atoms with Gasteiger partial charge in [-0.3, -0.25) is 0 Å². The molecular formula is C15H35Fe2N2P-. The van der Waals surface area contributed by atoms with Crippen molar-refractivity contribution in [1.82, 2.24) is 0 Å². The summed E-state index contributed by atoms with van der Waals surface area (Å²) in [5.74, 6) is 0. The van der Waals surface area contributed by atoms with E-state index in [4.69, 9.17) is 5.41 Å². The summed E-state index contributed by atoms with van der Waals surface area (Å²) in [5, 5.41) is 17.9. The Morgan fingerprint density at radius 2 is 0.750 bits per heavy atom. The van der Waals surface area contributed by atoms with Crippen LogP contribution >= 0.6 is 7.05 Å². The minimum atomic E-state index is -2.02. The van der Waals surface area contributed by atoms with Gasteiger partial charge in [-0.15, -0.1) is 0 Å². The van der Waals surface area contributed by atoms with Gasteiger partial charge >= 0.3 is 17.1 Å². The van der Waals surface area contributed by atoms with Crippen molar-refractivity contribution in [1.29, 1.82) is 0 Å². The van der Waals surface area contributed by atoms with Crippen LogP contribution < -0.4 is 0 Å². The molecule has 0 saturated heterocycles. The third kappa shape index (κ3) is 7.81. The molecule has 0 unspecified atom stereocenters. The summed E-state index contributed by atoms with van der Waals surface area (Å²) in [7, 11) is -2.02. The monoisotopic (exact) mass is 386 g/mol. The van der Waals surface area contributed by atoms with E-state index in [2.05, 4.69) is 69.0 Å². The van der Waals surface area contributed by atoms with E-state index in [0.29, 0.717) is 0 Å². The Morgan fingerprint density at radius 3 is 0.750 bits per heavy atom. The fourth-order valence-corrected chi connectivity index (χ4v) is 9.06. The quantitative estimate of drug-likeness (QED) is 0.203. The first kappa shape index (κ1) is 37.3. The molecule has 0 spiro atoms. The summed E-state index contributed by atoms with van der Waals surface area (Å²) in [6, 6.07) is 0. The second-order valence-corrected chi connectivity index (χ2v) is 12.4. The van der Waals surface area contributed by atoms with E-state index < -0.39 is 7.05 Å². The average Bonchev–Trinajstić information content (AvgIpc) is 2.00. The molecule has 0 fully saturated rings. The van der Waals surface area contributed by atoms with Crippen LogP contribution in [-0.2, 0) is 34.1 Å². The zero-order chi connectivity index (χ0) is 14.0. The minimum absolute atomic E-state index is 0. The molecule has 1 radical (unpaired) electrons. The van der Waals surface area contributed by atoms with E-state index in [-0.39, 0.29) is 64.5 Å². The van der Waals surface area contributed by atoms with Crippen LogP contribution in [0.3, 0.4) is 0 Å². The van der Waals surface area contributed by atoms with Gasteiger partial charge in [-0.1, -0.05) is 62.3 Å². The fourth-order valence-electron chi connectivity index (χ4n) is 3.02. The molecule has 0 aromatic heterocycles. The van der Waals surface area contributed by atoms with Crippen LogP contribution in [0.25, 0.3) is 10.6 Å². The van der Waals surface area contributed by atoms with Crippen molar-refractivity contribution in [3.8, 4) is 0 Å². The maximum absolute atomic E-state index is 11.1. The van der Waals surface area contributed by atoms with Crippen molar-refractivity contribution in [3.63, 3.8) is 0 Å². The third-order valence-corrected chi connectivity index (χ3v) is 8.74. The van der Waals surface area contributed by atoms with Gasteiger partial charge in [-0.2, -0.15) is 0 Å². The second-order valence-electron chi connectivity index (χ2n) is 7.15. The van der Waals surface area contributed by atoms with Crippen molar-refractivity contribution in [2.45, 2.75) is 77.8 Å². The molecule has 0 aliphatic carbocycles. The largest absolute Gasteiger partial charge is 3.00 e. The van der Waals surface area contributed by atoms with Gasteiger partial charge in [0.1, 0.15) is 0 Å². The molecule has 0 amide bonds. The number of nitrogens with zero attached hydrogens (tertiary/aromatic N) is 2.